The Kier molecular flexibility index (Phi) is 7.05. The Bertz CT molecular complexity index is 1090. The lowest BCUT2D eigenvalue weighted by molar-refractivity contribution is -0.132. The summed E-state index contributed by atoms with van der Waals surface area (Å²) in [6.07, 6.45) is 5.13. The van der Waals surface area contributed by atoms with Crippen molar-refractivity contribution >= 4 is 29.4 Å². The third-order valence-electron chi connectivity index (χ3n) is 6.37. The van der Waals surface area contributed by atoms with E-state index in [1.54, 1.807) is 6.07 Å². The Hall–Kier alpha value is -3.55. The minimum Gasteiger partial charge on any atom is -0.427 e. The van der Waals surface area contributed by atoms with Crippen LogP contribution in [0.3, 0.4) is 0 Å². The molecule has 0 N–H and O–H groups in total. The molecule has 2 aromatic rings. The maximum Gasteiger partial charge on any atom is 0.308 e. The summed E-state index contributed by atoms with van der Waals surface area (Å²) in [5.41, 5.74) is 0.226. The van der Waals surface area contributed by atoms with Crippen LogP contribution in [0.15, 0.2) is 48.5 Å². The molecule has 2 aliphatic rings. The highest BCUT2D eigenvalue weighted by molar-refractivity contribution is 6.23. The first-order valence-electron chi connectivity index (χ1n) is 11.6. The van der Waals surface area contributed by atoms with Crippen molar-refractivity contribution in [1.82, 2.24) is 4.90 Å². The molecule has 0 aromatic heterocycles. The number of benzene rings is 2. The predicted molar refractivity (Wildman–Crippen MR) is 123 cm³/mol. The summed E-state index contributed by atoms with van der Waals surface area (Å²) in [5.74, 6) is -2.35. The predicted octanol–water partition coefficient (Wildman–Crippen LogP) is 4.25. The van der Waals surface area contributed by atoms with E-state index in [0.717, 1.165) is 30.6 Å². The first kappa shape index (κ1) is 23.6. The second-order valence-electron chi connectivity index (χ2n) is 8.71. The summed E-state index contributed by atoms with van der Waals surface area (Å²) < 4.78 is 19.5. The summed E-state index contributed by atoms with van der Waals surface area (Å²) in [4.78, 5) is 53.7. The minimum absolute atomic E-state index is 0.101. The molecule has 1 aliphatic carbocycles. The lowest BCUT2D eigenvalue weighted by Gasteiger charge is -2.35. The Labute approximate surface area is 197 Å². The van der Waals surface area contributed by atoms with Gasteiger partial charge in [0, 0.05) is 13.0 Å². The molecule has 0 radical (unpaired) electrons. The van der Waals surface area contributed by atoms with E-state index in [1.165, 1.54) is 54.3 Å². The smallest absolute Gasteiger partial charge is 0.308 e. The van der Waals surface area contributed by atoms with Crippen LogP contribution in [0, 0.1) is 5.82 Å². The molecule has 1 atom stereocenters. The van der Waals surface area contributed by atoms with Gasteiger partial charge in [0.2, 0.25) is 5.91 Å². The number of amides is 3. The van der Waals surface area contributed by atoms with E-state index >= 15 is 0 Å². The molecule has 8 heteroatoms. The van der Waals surface area contributed by atoms with Crippen molar-refractivity contribution in [2.45, 2.75) is 64.0 Å². The molecule has 1 aliphatic heterocycles. The third-order valence-corrected chi connectivity index (χ3v) is 6.37. The van der Waals surface area contributed by atoms with Crippen LogP contribution in [-0.2, 0) is 14.4 Å². The second kappa shape index (κ2) is 10.2. The topological polar surface area (TPSA) is 84.0 Å². The van der Waals surface area contributed by atoms with Crippen LogP contribution in [0.5, 0.6) is 5.75 Å². The van der Waals surface area contributed by atoms with Crippen molar-refractivity contribution < 1.29 is 28.3 Å². The van der Waals surface area contributed by atoms with Crippen molar-refractivity contribution in [3.8, 4) is 5.75 Å². The van der Waals surface area contributed by atoms with Crippen LogP contribution in [0.4, 0.5) is 10.1 Å². The average molecular weight is 467 g/mol. The second-order valence-corrected chi connectivity index (χ2v) is 8.71. The van der Waals surface area contributed by atoms with Crippen LogP contribution in [0.25, 0.3) is 0 Å². The van der Waals surface area contributed by atoms with E-state index < -0.39 is 35.5 Å². The van der Waals surface area contributed by atoms with Crippen molar-refractivity contribution in [1.29, 1.82) is 0 Å². The van der Waals surface area contributed by atoms with Gasteiger partial charge in [-0.1, -0.05) is 37.8 Å². The molecular weight excluding hydrogens is 439 g/mol. The number of halogens is 1. The Balaban J connectivity index is 1.65. The molecule has 1 saturated heterocycles. The number of imide groups is 1. The molecule has 34 heavy (non-hydrogen) atoms. The highest BCUT2D eigenvalue weighted by atomic mass is 19.1. The normalized spacial score (nSPS) is 19.1. The van der Waals surface area contributed by atoms with Gasteiger partial charge in [0.15, 0.2) is 0 Å². The van der Waals surface area contributed by atoms with Crippen LogP contribution >= 0.6 is 0 Å². The van der Waals surface area contributed by atoms with Gasteiger partial charge in [0.25, 0.3) is 11.8 Å². The van der Waals surface area contributed by atoms with Crippen LogP contribution in [0.1, 0.15) is 62.2 Å². The maximum absolute atomic E-state index is 14.5. The van der Waals surface area contributed by atoms with Gasteiger partial charge >= 0.3 is 5.97 Å². The highest BCUT2D eigenvalue weighted by Gasteiger charge is 2.47. The summed E-state index contributed by atoms with van der Waals surface area (Å²) in [6, 6.07) is 10.5. The summed E-state index contributed by atoms with van der Waals surface area (Å²) in [5, 5.41) is 0. The van der Waals surface area contributed by atoms with Gasteiger partial charge in [-0.15, -0.1) is 0 Å². The van der Waals surface area contributed by atoms with Crippen LogP contribution < -0.4 is 9.64 Å². The van der Waals surface area contributed by atoms with Gasteiger partial charge in [-0.05, 0) is 49.2 Å². The quantitative estimate of drug-likeness (QED) is 0.285. The minimum atomic E-state index is -1.00. The zero-order valence-corrected chi connectivity index (χ0v) is 19.0. The molecule has 178 valence electrons. The molecule has 4 rings (SSSR count). The molecule has 2 fully saturated rings. The SMILES string of the molecule is CC(=O)Oc1ccc(N2C(=O)CC(N(C(=O)c3ccccc3F)C3CCCCCC3)C2=O)cc1. The van der Waals surface area contributed by atoms with Crippen molar-refractivity contribution in [2.75, 3.05) is 4.90 Å². The van der Waals surface area contributed by atoms with Crippen molar-refractivity contribution in [3.63, 3.8) is 0 Å². The van der Waals surface area contributed by atoms with Gasteiger partial charge in [0.1, 0.15) is 17.6 Å². The molecular formula is C26H27FN2O5. The first-order chi connectivity index (χ1) is 16.4. The van der Waals surface area contributed by atoms with Gasteiger partial charge < -0.3 is 9.64 Å². The zero-order chi connectivity index (χ0) is 24.2. The number of hydrogen-bond donors (Lipinski definition) is 0. The number of carbonyl (C=O) groups excluding carboxylic acids is 4. The summed E-state index contributed by atoms with van der Waals surface area (Å²) >= 11 is 0. The fourth-order valence-electron chi connectivity index (χ4n) is 4.81. The number of rotatable bonds is 5. The average Bonchev–Trinajstić information content (AvgIpc) is 2.97. The number of esters is 1. The molecule has 0 spiro atoms. The van der Waals surface area contributed by atoms with Gasteiger partial charge in [-0.25, -0.2) is 9.29 Å². The first-order valence-corrected chi connectivity index (χ1v) is 11.6. The highest BCUT2D eigenvalue weighted by Crippen LogP contribution is 2.32. The lowest BCUT2D eigenvalue weighted by Crippen LogP contribution is -2.51. The zero-order valence-electron chi connectivity index (χ0n) is 19.0. The summed E-state index contributed by atoms with van der Waals surface area (Å²) in [6.45, 7) is 1.28. The van der Waals surface area contributed by atoms with Crippen LogP contribution in [0.2, 0.25) is 0 Å². The Morgan fingerprint density at radius 2 is 1.62 bits per heavy atom. The van der Waals surface area contributed by atoms with Crippen molar-refractivity contribution in [3.05, 3.63) is 59.9 Å². The standard InChI is InChI=1S/C26H27FN2O5/c1-17(30)34-20-14-12-19(13-15-20)29-24(31)16-23(26(29)33)28(18-8-4-2-3-5-9-18)25(32)21-10-6-7-11-22(21)27/h6-7,10-15,18,23H,2-5,8-9,16H2,1H3. The van der Waals surface area contributed by atoms with E-state index in [1.807, 2.05) is 0 Å². The van der Waals surface area contributed by atoms with E-state index in [0.29, 0.717) is 24.3 Å². The number of ether oxygens (including phenoxy) is 1. The van der Waals surface area contributed by atoms with Gasteiger partial charge in [0.05, 0.1) is 17.7 Å². The number of hydrogen-bond acceptors (Lipinski definition) is 5. The van der Waals surface area contributed by atoms with Gasteiger partial charge in [-0.2, -0.15) is 0 Å². The third kappa shape index (κ3) is 4.85. The van der Waals surface area contributed by atoms with Gasteiger partial charge in [-0.3, -0.25) is 19.2 Å². The summed E-state index contributed by atoms with van der Waals surface area (Å²) in [7, 11) is 0. The Morgan fingerprint density at radius 1 is 0.971 bits per heavy atom. The van der Waals surface area contributed by atoms with E-state index in [-0.39, 0.29) is 18.0 Å². The monoisotopic (exact) mass is 466 g/mol. The lowest BCUT2D eigenvalue weighted by atomic mass is 10.0. The molecule has 1 saturated carbocycles. The van der Waals surface area contributed by atoms with Crippen LogP contribution in [-0.4, -0.2) is 40.7 Å². The number of nitrogens with zero attached hydrogens (tertiary/aromatic N) is 2. The number of anilines is 1. The maximum atomic E-state index is 14.5. The molecule has 0 bridgehead atoms. The largest absolute Gasteiger partial charge is 0.427 e. The molecule has 3 amide bonds. The van der Waals surface area contributed by atoms with E-state index in [9.17, 15) is 23.6 Å². The fraction of sp³-hybridized carbons (Fsp3) is 0.385. The molecule has 1 unspecified atom stereocenters. The fourth-order valence-corrected chi connectivity index (χ4v) is 4.81. The van der Waals surface area contributed by atoms with E-state index in [2.05, 4.69) is 0 Å². The molecule has 2 aromatic carbocycles. The molecule has 1 heterocycles. The number of carbonyl (C=O) groups is 4. The Morgan fingerprint density at radius 3 is 2.24 bits per heavy atom. The van der Waals surface area contributed by atoms with Crippen molar-refractivity contribution in [2.24, 2.45) is 0 Å². The molecule has 7 nitrogen and oxygen atoms in total. The van der Waals surface area contributed by atoms with E-state index in [4.69, 9.17) is 4.74 Å².